The molecule has 0 heterocycles. The van der Waals surface area contributed by atoms with Crippen molar-refractivity contribution < 1.29 is 28.6 Å². The van der Waals surface area contributed by atoms with E-state index >= 15 is 0 Å². The van der Waals surface area contributed by atoms with Crippen molar-refractivity contribution in [2.75, 3.05) is 13.2 Å². The Morgan fingerprint density at radius 3 is 0.968 bits per heavy atom. The molecule has 62 heavy (non-hydrogen) atoms. The Kier molecular flexibility index (Phi) is 48.8. The zero-order valence-electron chi connectivity index (χ0n) is 41.1. The molecular weight excluding hydrogens is 769 g/mol. The van der Waals surface area contributed by atoms with Gasteiger partial charge < -0.3 is 14.2 Å². The first-order valence-corrected chi connectivity index (χ1v) is 26.6. The van der Waals surface area contributed by atoms with Crippen molar-refractivity contribution in [3.8, 4) is 0 Å². The van der Waals surface area contributed by atoms with E-state index in [4.69, 9.17) is 14.2 Å². The van der Waals surface area contributed by atoms with Crippen LogP contribution in [0.1, 0.15) is 271 Å². The van der Waals surface area contributed by atoms with Crippen molar-refractivity contribution in [1.29, 1.82) is 0 Å². The highest BCUT2D eigenvalue weighted by molar-refractivity contribution is 5.71. The predicted molar refractivity (Wildman–Crippen MR) is 265 cm³/mol. The van der Waals surface area contributed by atoms with Crippen molar-refractivity contribution in [1.82, 2.24) is 0 Å². The van der Waals surface area contributed by atoms with Crippen molar-refractivity contribution in [2.24, 2.45) is 0 Å². The number of carbonyl (C=O) groups excluding carboxylic acids is 3. The first-order valence-electron chi connectivity index (χ1n) is 26.6. The van der Waals surface area contributed by atoms with Gasteiger partial charge in [-0.2, -0.15) is 0 Å². The number of carbonyl (C=O) groups is 3. The van der Waals surface area contributed by atoms with Crippen LogP contribution in [0.15, 0.2) is 48.6 Å². The fourth-order valence-electron chi connectivity index (χ4n) is 7.49. The highest BCUT2D eigenvalue weighted by Gasteiger charge is 2.19. The van der Waals surface area contributed by atoms with Crippen molar-refractivity contribution in [2.45, 2.75) is 277 Å². The summed E-state index contributed by atoms with van der Waals surface area (Å²) in [5.41, 5.74) is 0. The van der Waals surface area contributed by atoms with Gasteiger partial charge in [0.15, 0.2) is 6.10 Å². The molecule has 0 bridgehead atoms. The molecule has 0 aromatic carbocycles. The summed E-state index contributed by atoms with van der Waals surface area (Å²) in [6, 6.07) is 0. The van der Waals surface area contributed by atoms with Crippen molar-refractivity contribution in [3.63, 3.8) is 0 Å². The van der Waals surface area contributed by atoms with Crippen LogP contribution in [0.5, 0.6) is 0 Å². The molecule has 0 amide bonds. The van der Waals surface area contributed by atoms with Gasteiger partial charge in [-0.15, -0.1) is 0 Å². The largest absolute Gasteiger partial charge is 0.462 e. The lowest BCUT2D eigenvalue weighted by Gasteiger charge is -2.18. The standard InChI is InChI=1S/C56H100O6/c1-4-7-10-13-16-19-21-22-23-24-25-26-27-28-29-30-31-32-33-34-36-37-40-43-46-49-55(58)61-52-53(51-60-54(57)48-45-42-39-18-15-12-9-6-3)62-56(59)50-47-44-41-38-35-20-17-14-11-8-5-2/h14,17,21-22,24-25,27-28,53H,4-13,15-16,18-20,23,26,29-52H2,1-3H3/b17-14-,22-21-,25-24-,28-27-. The van der Waals surface area contributed by atoms with Gasteiger partial charge in [0, 0.05) is 19.3 Å². The normalized spacial score (nSPS) is 12.4. The van der Waals surface area contributed by atoms with E-state index in [-0.39, 0.29) is 31.1 Å². The molecule has 1 atom stereocenters. The molecule has 0 aromatic heterocycles. The third-order valence-corrected chi connectivity index (χ3v) is 11.6. The van der Waals surface area contributed by atoms with Gasteiger partial charge in [-0.1, -0.05) is 223 Å². The van der Waals surface area contributed by atoms with Gasteiger partial charge in [0.1, 0.15) is 13.2 Å². The smallest absolute Gasteiger partial charge is 0.306 e. The first kappa shape index (κ1) is 59.4. The maximum atomic E-state index is 12.7. The van der Waals surface area contributed by atoms with Gasteiger partial charge >= 0.3 is 17.9 Å². The van der Waals surface area contributed by atoms with Crippen LogP contribution in [0.3, 0.4) is 0 Å². The van der Waals surface area contributed by atoms with Crippen LogP contribution in [0.25, 0.3) is 0 Å². The summed E-state index contributed by atoms with van der Waals surface area (Å²) in [7, 11) is 0. The van der Waals surface area contributed by atoms with Crippen molar-refractivity contribution in [3.05, 3.63) is 48.6 Å². The van der Waals surface area contributed by atoms with Gasteiger partial charge in [-0.3, -0.25) is 14.4 Å². The van der Waals surface area contributed by atoms with E-state index < -0.39 is 6.10 Å². The fourth-order valence-corrected chi connectivity index (χ4v) is 7.49. The van der Waals surface area contributed by atoms with Crippen LogP contribution < -0.4 is 0 Å². The fraction of sp³-hybridized carbons (Fsp3) is 0.804. The summed E-state index contributed by atoms with van der Waals surface area (Å²) in [6.45, 7) is 6.56. The summed E-state index contributed by atoms with van der Waals surface area (Å²) in [5.74, 6) is -0.889. The summed E-state index contributed by atoms with van der Waals surface area (Å²) in [4.78, 5) is 37.8. The van der Waals surface area contributed by atoms with E-state index in [1.54, 1.807) is 0 Å². The minimum atomic E-state index is -0.774. The van der Waals surface area contributed by atoms with Crippen LogP contribution in [0.4, 0.5) is 0 Å². The van der Waals surface area contributed by atoms with Crippen LogP contribution in [0.2, 0.25) is 0 Å². The molecule has 0 saturated carbocycles. The second-order valence-corrected chi connectivity index (χ2v) is 17.8. The van der Waals surface area contributed by atoms with Gasteiger partial charge in [0.2, 0.25) is 0 Å². The molecule has 0 aliphatic rings. The predicted octanol–water partition coefficient (Wildman–Crippen LogP) is 17.5. The lowest BCUT2D eigenvalue weighted by molar-refractivity contribution is -0.167. The summed E-state index contributed by atoms with van der Waals surface area (Å²) < 4.78 is 16.7. The highest BCUT2D eigenvalue weighted by Crippen LogP contribution is 2.15. The minimum Gasteiger partial charge on any atom is -0.462 e. The molecule has 6 nitrogen and oxygen atoms in total. The van der Waals surface area contributed by atoms with E-state index in [2.05, 4.69) is 69.4 Å². The number of hydrogen-bond donors (Lipinski definition) is 0. The summed E-state index contributed by atoms with van der Waals surface area (Å²) in [6.07, 6.45) is 61.2. The molecule has 0 aliphatic heterocycles. The Hall–Kier alpha value is -2.63. The Morgan fingerprint density at radius 1 is 0.323 bits per heavy atom. The van der Waals surface area contributed by atoms with Gasteiger partial charge in [-0.25, -0.2) is 0 Å². The monoisotopic (exact) mass is 869 g/mol. The number of allylic oxidation sites excluding steroid dienone is 8. The van der Waals surface area contributed by atoms with E-state index in [0.717, 1.165) is 83.5 Å². The van der Waals surface area contributed by atoms with E-state index in [9.17, 15) is 14.4 Å². The molecule has 0 radical (unpaired) electrons. The summed E-state index contributed by atoms with van der Waals surface area (Å²) in [5, 5.41) is 0. The third-order valence-electron chi connectivity index (χ3n) is 11.6. The Bertz CT molecular complexity index is 1090. The molecule has 0 aromatic rings. The SMILES string of the molecule is CCCC/C=C\CCCCCCCC(=O)OC(COC(=O)CCCCCCCCCC)COC(=O)CCCCCCCCCCCC/C=C\C/C=C\C/C=C\CCCCCCC. The van der Waals surface area contributed by atoms with Gasteiger partial charge in [0.25, 0.3) is 0 Å². The zero-order chi connectivity index (χ0) is 45.1. The molecule has 0 fully saturated rings. The molecular formula is C56H100O6. The molecule has 0 saturated heterocycles. The molecule has 0 rings (SSSR count). The number of ether oxygens (including phenoxy) is 3. The van der Waals surface area contributed by atoms with Crippen LogP contribution in [-0.2, 0) is 28.6 Å². The van der Waals surface area contributed by atoms with E-state index in [1.165, 1.54) is 148 Å². The Balaban J connectivity index is 4.15. The van der Waals surface area contributed by atoms with Crippen molar-refractivity contribution >= 4 is 17.9 Å². The Labute approximate surface area is 384 Å². The molecule has 1 unspecified atom stereocenters. The maximum absolute atomic E-state index is 12.7. The molecule has 360 valence electrons. The third kappa shape index (κ3) is 48.4. The molecule has 6 heteroatoms. The topological polar surface area (TPSA) is 78.9 Å². The summed E-state index contributed by atoms with van der Waals surface area (Å²) >= 11 is 0. The quantitative estimate of drug-likeness (QED) is 0.0262. The molecule has 0 aliphatic carbocycles. The van der Waals surface area contributed by atoms with E-state index in [1.807, 2.05) is 0 Å². The number of esters is 3. The van der Waals surface area contributed by atoms with Crippen LogP contribution in [0, 0.1) is 0 Å². The number of hydrogen-bond acceptors (Lipinski definition) is 6. The van der Waals surface area contributed by atoms with Gasteiger partial charge in [-0.05, 0) is 77.0 Å². The van der Waals surface area contributed by atoms with Gasteiger partial charge in [0.05, 0.1) is 0 Å². The van der Waals surface area contributed by atoms with Crippen LogP contribution in [-0.4, -0.2) is 37.2 Å². The average molecular weight is 869 g/mol. The average Bonchev–Trinajstić information content (AvgIpc) is 3.27. The van der Waals surface area contributed by atoms with Crippen LogP contribution >= 0.6 is 0 Å². The molecule has 0 spiro atoms. The second-order valence-electron chi connectivity index (χ2n) is 17.8. The second kappa shape index (κ2) is 51.0. The number of rotatable bonds is 48. The lowest BCUT2D eigenvalue weighted by atomic mass is 10.1. The molecule has 0 N–H and O–H groups in total. The highest BCUT2D eigenvalue weighted by atomic mass is 16.6. The van der Waals surface area contributed by atoms with E-state index in [0.29, 0.717) is 19.3 Å². The zero-order valence-corrected chi connectivity index (χ0v) is 41.1. The number of unbranched alkanes of at least 4 members (excludes halogenated alkanes) is 29. The minimum absolute atomic E-state index is 0.0761. The first-order chi connectivity index (χ1) is 30.5. The Morgan fingerprint density at radius 2 is 0.597 bits per heavy atom. The lowest BCUT2D eigenvalue weighted by Crippen LogP contribution is -2.30. The maximum Gasteiger partial charge on any atom is 0.306 e.